The molecule has 1 fully saturated rings. The molecule has 28 heavy (non-hydrogen) atoms. The van der Waals surface area contributed by atoms with Crippen LogP contribution in [0.2, 0.25) is 10.0 Å². The van der Waals surface area contributed by atoms with Gasteiger partial charge in [-0.3, -0.25) is 9.69 Å². The maximum Gasteiger partial charge on any atom is 0.220 e. The molecule has 0 spiro atoms. The Labute approximate surface area is 175 Å². The molecule has 1 aliphatic rings. The van der Waals surface area contributed by atoms with E-state index in [1.807, 2.05) is 24.3 Å². The van der Waals surface area contributed by atoms with Gasteiger partial charge in [-0.1, -0.05) is 41.4 Å². The monoisotopic (exact) mass is 422 g/mol. The number of halogens is 3. The summed E-state index contributed by atoms with van der Waals surface area (Å²) in [6.45, 7) is 2.70. The molecule has 150 valence electrons. The molecule has 1 amide bonds. The summed E-state index contributed by atoms with van der Waals surface area (Å²) >= 11 is 11.9. The second-order valence-corrected chi connectivity index (χ2v) is 8.16. The van der Waals surface area contributed by atoms with E-state index in [0.717, 1.165) is 56.4 Å². The summed E-state index contributed by atoms with van der Waals surface area (Å²) in [6, 6.07) is 12.5. The smallest absolute Gasteiger partial charge is 0.220 e. The minimum Gasteiger partial charge on any atom is -0.353 e. The molecule has 1 saturated heterocycles. The van der Waals surface area contributed by atoms with E-state index in [0.29, 0.717) is 16.5 Å². The van der Waals surface area contributed by atoms with Gasteiger partial charge in [0.1, 0.15) is 5.82 Å². The third-order valence-corrected chi connectivity index (χ3v) is 5.86. The van der Waals surface area contributed by atoms with Crippen molar-refractivity contribution in [1.29, 1.82) is 0 Å². The van der Waals surface area contributed by atoms with Gasteiger partial charge in [0.25, 0.3) is 0 Å². The van der Waals surface area contributed by atoms with Gasteiger partial charge in [0.15, 0.2) is 0 Å². The van der Waals surface area contributed by atoms with Gasteiger partial charge in [-0.15, -0.1) is 0 Å². The lowest BCUT2D eigenvalue weighted by Gasteiger charge is -2.32. The average Bonchev–Trinajstić information content (AvgIpc) is 2.68. The molecule has 1 heterocycles. The molecule has 0 radical (unpaired) electrons. The second kappa shape index (κ2) is 10.2. The minimum absolute atomic E-state index is 0.108. The van der Waals surface area contributed by atoms with Crippen LogP contribution in [0.25, 0.3) is 0 Å². The summed E-state index contributed by atoms with van der Waals surface area (Å²) in [5.74, 6) is -0.0959. The van der Waals surface area contributed by atoms with Gasteiger partial charge in [0.05, 0.1) is 10.0 Å². The second-order valence-electron chi connectivity index (χ2n) is 7.35. The molecule has 3 rings (SSSR count). The number of nitrogens with one attached hydrogen (secondary N) is 1. The molecule has 0 saturated carbocycles. The minimum atomic E-state index is -0.204. The van der Waals surface area contributed by atoms with Crippen LogP contribution in [-0.2, 0) is 17.8 Å². The average molecular weight is 423 g/mol. The molecule has 0 aliphatic carbocycles. The number of nitrogens with zero attached hydrogens (tertiary/aromatic N) is 1. The van der Waals surface area contributed by atoms with Crippen molar-refractivity contribution in [2.75, 3.05) is 13.1 Å². The Kier molecular flexibility index (Phi) is 7.72. The maximum atomic E-state index is 13.0. The Morgan fingerprint density at radius 3 is 2.39 bits per heavy atom. The number of carbonyl (C=O) groups is 1. The van der Waals surface area contributed by atoms with Gasteiger partial charge in [0.2, 0.25) is 5.91 Å². The fourth-order valence-electron chi connectivity index (χ4n) is 3.53. The molecule has 0 atom stereocenters. The molecule has 0 unspecified atom stereocenters. The van der Waals surface area contributed by atoms with Crippen LogP contribution in [0.15, 0.2) is 42.5 Å². The Balaban J connectivity index is 1.34. The number of hydrogen-bond acceptors (Lipinski definition) is 2. The lowest BCUT2D eigenvalue weighted by molar-refractivity contribution is -0.122. The van der Waals surface area contributed by atoms with Crippen molar-refractivity contribution in [2.24, 2.45) is 0 Å². The largest absolute Gasteiger partial charge is 0.353 e. The predicted octanol–water partition coefficient (Wildman–Crippen LogP) is 5.24. The summed E-state index contributed by atoms with van der Waals surface area (Å²) in [4.78, 5) is 14.6. The Hall–Kier alpha value is -1.62. The lowest BCUT2D eigenvalue weighted by Crippen LogP contribution is -2.44. The molecule has 2 aromatic carbocycles. The number of likely N-dealkylation sites (tertiary alicyclic amines) is 1. The zero-order valence-corrected chi connectivity index (χ0v) is 17.3. The third kappa shape index (κ3) is 6.47. The number of benzene rings is 2. The molecule has 1 aliphatic heterocycles. The van der Waals surface area contributed by atoms with Crippen LogP contribution in [-0.4, -0.2) is 29.9 Å². The summed E-state index contributed by atoms with van der Waals surface area (Å²) in [7, 11) is 0. The first kappa shape index (κ1) is 21.1. The van der Waals surface area contributed by atoms with Crippen molar-refractivity contribution < 1.29 is 9.18 Å². The van der Waals surface area contributed by atoms with Crippen molar-refractivity contribution in [3.63, 3.8) is 0 Å². The van der Waals surface area contributed by atoms with Crippen molar-refractivity contribution in [2.45, 2.75) is 44.7 Å². The zero-order valence-electron chi connectivity index (χ0n) is 15.8. The first-order chi connectivity index (χ1) is 13.5. The van der Waals surface area contributed by atoms with E-state index >= 15 is 0 Å². The van der Waals surface area contributed by atoms with E-state index in [1.165, 1.54) is 12.1 Å². The molecular weight excluding hydrogens is 398 g/mol. The van der Waals surface area contributed by atoms with Crippen molar-refractivity contribution in [3.05, 3.63) is 69.5 Å². The Morgan fingerprint density at radius 2 is 1.71 bits per heavy atom. The number of hydrogen-bond donors (Lipinski definition) is 1. The molecule has 0 aromatic heterocycles. The molecule has 0 bridgehead atoms. The van der Waals surface area contributed by atoms with Crippen LogP contribution in [0.3, 0.4) is 0 Å². The van der Waals surface area contributed by atoms with Gasteiger partial charge in [-0.25, -0.2) is 4.39 Å². The molecular formula is C22H25Cl2FN2O. The van der Waals surface area contributed by atoms with Crippen LogP contribution in [0.1, 0.15) is 36.8 Å². The number of rotatable bonds is 7. The summed E-state index contributed by atoms with van der Waals surface area (Å²) in [5, 5.41) is 4.26. The summed E-state index contributed by atoms with van der Waals surface area (Å²) < 4.78 is 13.0. The van der Waals surface area contributed by atoms with Crippen LogP contribution in [0.5, 0.6) is 0 Å². The molecule has 6 heteroatoms. The van der Waals surface area contributed by atoms with E-state index in [2.05, 4.69) is 10.2 Å². The topological polar surface area (TPSA) is 32.3 Å². The third-order valence-electron chi connectivity index (χ3n) is 5.13. The summed E-state index contributed by atoms with van der Waals surface area (Å²) in [5.41, 5.74) is 2.21. The number of amides is 1. The number of carbonyl (C=O) groups excluding carboxylic acids is 1. The SMILES string of the molecule is O=C(CCCc1ccc(Cl)c(Cl)c1)NC1CCN(Cc2ccc(F)cc2)CC1. The highest BCUT2D eigenvalue weighted by Gasteiger charge is 2.20. The van der Waals surface area contributed by atoms with E-state index in [4.69, 9.17) is 23.2 Å². The zero-order chi connectivity index (χ0) is 19.9. The van der Waals surface area contributed by atoms with Crippen LogP contribution in [0, 0.1) is 5.82 Å². The van der Waals surface area contributed by atoms with Gasteiger partial charge in [-0.05, 0) is 61.1 Å². The van der Waals surface area contributed by atoms with Gasteiger partial charge >= 0.3 is 0 Å². The van der Waals surface area contributed by atoms with Crippen LogP contribution < -0.4 is 5.32 Å². The van der Waals surface area contributed by atoms with Gasteiger partial charge in [-0.2, -0.15) is 0 Å². The van der Waals surface area contributed by atoms with E-state index in [-0.39, 0.29) is 17.8 Å². The fraction of sp³-hybridized carbons (Fsp3) is 0.409. The van der Waals surface area contributed by atoms with Crippen molar-refractivity contribution >= 4 is 29.1 Å². The predicted molar refractivity (Wildman–Crippen MR) is 112 cm³/mol. The lowest BCUT2D eigenvalue weighted by atomic mass is 10.0. The van der Waals surface area contributed by atoms with Gasteiger partial charge < -0.3 is 5.32 Å². The number of piperidine rings is 1. The van der Waals surface area contributed by atoms with Crippen LogP contribution >= 0.6 is 23.2 Å². The first-order valence-corrected chi connectivity index (χ1v) is 10.5. The van der Waals surface area contributed by atoms with Gasteiger partial charge in [0, 0.05) is 32.1 Å². The Morgan fingerprint density at radius 1 is 1.04 bits per heavy atom. The maximum absolute atomic E-state index is 13.0. The van der Waals surface area contributed by atoms with Crippen LogP contribution in [0.4, 0.5) is 4.39 Å². The summed E-state index contributed by atoms with van der Waals surface area (Å²) in [6.07, 6.45) is 3.99. The highest BCUT2D eigenvalue weighted by molar-refractivity contribution is 6.42. The molecule has 2 aromatic rings. The Bertz CT molecular complexity index is 790. The molecule has 3 nitrogen and oxygen atoms in total. The molecule has 1 N–H and O–H groups in total. The quantitative estimate of drug-likeness (QED) is 0.661. The highest BCUT2D eigenvalue weighted by Crippen LogP contribution is 2.23. The fourth-order valence-corrected chi connectivity index (χ4v) is 3.85. The van der Waals surface area contributed by atoms with E-state index in [9.17, 15) is 9.18 Å². The van der Waals surface area contributed by atoms with Crippen molar-refractivity contribution in [1.82, 2.24) is 10.2 Å². The van der Waals surface area contributed by atoms with E-state index < -0.39 is 0 Å². The standard InChI is InChI=1S/C22H25Cl2FN2O/c23-20-9-6-16(14-21(20)24)2-1-3-22(28)26-19-10-12-27(13-11-19)15-17-4-7-18(25)8-5-17/h4-9,14,19H,1-3,10-13,15H2,(H,26,28). The first-order valence-electron chi connectivity index (χ1n) is 9.69. The van der Waals surface area contributed by atoms with E-state index in [1.54, 1.807) is 6.07 Å². The highest BCUT2D eigenvalue weighted by atomic mass is 35.5. The number of aryl methyl sites for hydroxylation is 1. The normalized spacial score (nSPS) is 15.5. The van der Waals surface area contributed by atoms with Crippen molar-refractivity contribution in [3.8, 4) is 0 Å².